The van der Waals surface area contributed by atoms with Crippen LogP contribution in [0.4, 0.5) is 8.78 Å². The number of nitrogens with zero attached hydrogens (tertiary/aromatic N) is 3. The molecule has 6 heteroatoms. The van der Waals surface area contributed by atoms with Gasteiger partial charge in [-0.2, -0.15) is 0 Å². The fourth-order valence-electron chi connectivity index (χ4n) is 3.82. The molecule has 1 saturated heterocycles. The molecule has 1 heterocycles. The predicted molar refractivity (Wildman–Crippen MR) is 106 cm³/mol. The molecule has 4 nitrogen and oxygen atoms in total. The van der Waals surface area contributed by atoms with Crippen LogP contribution in [-0.2, 0) is 4.79 Å². The summed E-state index contributed by atoms with van der Waals surface area (Å²) in [6.45, 7) is 5.00. The molecule has 28 heavy (non-hydrogen) atoms. The summed E-state index contributed by atoms with van der Waals surface area (Å²) in [5, 5.41) is 0. The minimum Gasteiger partial charge on any atom is -0.347 e. The van der Waals surface area contributed by atoms with E-state index in [-0.39, 0.29) is 29.6 Å². The van der Waals surface area contributed by atoms with E-state index in [9.17, 15) is 13.6 Å². The first-order valence-corrected chi connectivity index (χ1v) is 9.57. The van der Waals surface area contributed by atoms with Crippen LogP contribution in [0.2, 0.25) is 0 Å². The Morgan fingerprint density at radius 3 is 1.61 bits per heavy atom. The van der Waals surface area contributed by atoms with Crippen molar-refractivity contribution in [2.24, 2.45) is 0 Å². The first-order chi connectivity index (χ1) is 13.4. The molecule has 0 saturated carbocycles. The fourth-order valence-corrected chi connectivity index (χ4v) is 3.82. The predicted octanol–water partition coefficient (Wildman–Crippen LogP) is 3.15. The van der Waals surface area contributed by atoms with E-state index >= 15 is 0 Å². The lowest BCUT2D eigenvalue weighted by Gasteiger charge is -2.41. The maximum atomic E-state index is 13.4. The van der Waals surface area contributed by atoms with Crippen LogP contribution in [0, 0.1) is 11.6 Å². The van der Waals surface area contributed by atoms with Crippen LogP contribution in [0.25, 0.3) is 0 Å². The van der Waals surface area contributed by atoms with E-state index in [2.05, 4.69) is 9.80 Å². The lowest BCUT2D eigenvalue weighted by Crippen LogP contribution is -2.54. The molecule has 1 aliphatic rings. The van der Waals surface area contributed by atoms with Crippen LogP contribution < -0.4 is 0 Å². The van der Waals surface area contributed by atoms with Crippen LogP contribution in [0.5, 0.6) is 0 Å². The molecule has 0 radical (unpaired) electrons. The number of likely N-dealkylation sites (N-methyl/N-ethyl adjacent to an activating group) is 1. The van der Waals surface area contributed by atoms with Crippen molar-refractivity contribution in [3.8, 4) is 0 Å². The molecule has 0 N–H and O–H groups in total. The quantitative estimate of drug-likeness (QED) is 0.789. The summed E-state index contributed by atoms with van der Waals surface area (Å²) in [5.41, 5.74) is 1.94. The number of hydrogen-bond donors (Lipinski definition) is 0. The summed E-state index contributed by atoms with van der Waals surface area (Å²) >= 11 is 0. The monoisotopic (exact) mass is 387 g/mol. The van der Waals surface area contributed by atoms with Gasteiger partial charge in [0.25, 0.3) is 0 Å². The highest BCUT2D eigenvalue weighted by molar-refractivity contribution is 5.80. The summed E-state index contributed by atoms with van der Waals surface area (Å²) in [4.78, 5) is 18.4. The number of carbonyl (C=O) groups is 1. The Bertz CT molecular complexity index is 739. The van der Waals surface area contributed by atoms with Gasteiger partial charge in [-0.15, -0.1) is 0 Å². The smallest absolute Gasteiger partial charge is 0.239 e. The van der Waals surface area contributed by atoms with E-state index in [1.54, 1.807) is 43.3 Å². The maximum absolute atomic E-state index is 13.4. The topological polar surface area (TPSA) is 26.8 Å². The van der Waals surface area contributed by atoms with Crippen LogP contribution in [0.1, 0.15) is 24.1 Å². The molecule has 150 valence electrons. The fraction of sp³-hybridized carbons (Fsp3) is 0.409. The zero-order valence-electron chi connectivity index (χ0n) is 16.6. The molecule has 1 fully saturated rings. The van der Waals surface area contributed by atoms with Gasteiger partial charge in [0.1, 0.15) is 11.6 Å². The molecule has 1 atom stereocenters. The molecule has 0 bridgehead atoms. The van der Waals surface area contributed by atoms with E-state index < -0.39 is 0 Å². The Kier molecular flexibility index (Phi) is 6.42. The Labute approximate surface area is 165 Å². The van der Waals surface area contributed by atoms with Gasteiger partial charge in [-0.05, 0) is 42.3 Å². The van der Waals surface area contributed by atoms with Gasteiger partial charge in [0, 0.05) is 40.3 Å². The lowest BCUT2D eigenvalue weighted by atomic mass is 9.96. The van der Waals surface area contributed by atoms with Crippen LogP contribution in [-0.4, -0.2) is 66.9 Å². The largest absolute Gasteiger partial charge is 0.347 e. The lowest BCUT2D eigenvalue weighted by molar-refractivity contribution is -0.134. The number of hydrogen-bond acceptors (Lipinski definition) is 3. The van der Waals surface area contributed by atoms with Gasteiger partial charge in [0.2, 0.25) is 5.91 Å². The first-order valence-electron chi connectivity index (χ1n) is 9.57. The molecule has 0 unspecified atom stereocenters. The second-order valence-electron chi connectivity index (χ2n) is 7.49. The number of piperazine rings is 1. The molecule has 0 spiro atoms. The highest BCUT2D eigenvalue weighted by Crippen LogP contribution is 2.30. The number of carbonyl (C=O) groups excluding carboxylic acids is 1. The average molecular weight is 387 g/mol. The molecular formula is C22H27F2N3O. The molecule has 0 aromatic heterocycles. The van der Waals surface area contributed by atoms with Gasteiger partial charge in [-0.1, -0.05) is 24.3 Å². The Morgan fingerprint density at radius 1 is 0.821 bits per heavy atom. The molecule has 1 amide bonds. The van der Waals surface area contributed by atoms with E-state index in [0.717, 1.165) is 37.3 Å². The number of benzene rings is 2. The first kappa shape index (κ1) is 20.4. The second-order valence-corrected chi connectivity index (χ2v) is 7.49. The SMILES string of the molecule is C[C@@H](C(=O)N(C)C)N1CCN(C(c2ccc(F)cc2)c2ccc(F)cc2)CC1. The van der Waals surface area contributed by atoms with E-state index in [4.69, 9.17) is 0 Å². The Morgan fingerprint density at radius 2 is 1.21 bits per heavy atom. The van der Waals surface area contributed by atoms with Crippen molar-refractivity contribution >= 4 is 5.91 Å². The summed E-state index contributed by atoms with van der Waals surface area (Å²) in [7, 11) is 3.54. The van der Waals surface area contributed by atoms with Crippen LogP contribution in [0.3, 0.4) is 0 Å². The van der Waals surface area contributed by atoms with E-state index in [1.807, 2.05) is 6.92 Å². The molecule has 2 aromatic rings. The van der Waals surface area contributed by atoms with E-state index in [0.29, 0.717) is 0 Å². The third kappa shape index (κ3) is 4.56. The molecule has 3 rings (SSSR count). The van der Waals surface area contributed by atoms with E-state index in [1.165, 1.54) is 24.3 Å². The third-order valence-electron chi connectivity index (χ3n) is 5.43. The summed E-state index contributed by atoms with van der Waals surface area (Å²) in [6.07, 6.45) is 0. The second kappa shape index (κ2) is 8.80. The van der Waals surface area contributed by atoms with Crippen molar-refractivity contribution in [2.75, 3.05) is 40.3 Å². The average Bonchev–Trinajstić information content (AvgIpc) is 2.70. The van der Waals surface area contributed by atoms with Gasteiger partial charge < -0.3 is 4.90 Å². The van der Waals surface area contributed by atoms with Gasteiger partial charge in [0.15, 0.2) is 0 Å². The Hall–Kier alpha value is -2.31. The molecule has 1 aliphatic heterocycles. The van der Waals surface area contributed by atoms with Gasteiger partial charge >= 0.3 is 0 Å². The molecule has 0 aliphatic carbocycles. The van der Waals surface area contributed by atoms with Crippen molar-refractivity contribution in [1.29, 1.82) is 0 Å². The number of amides is 1. The number of halogens is 2. The normalized spacial score (nSPS) is 16.9. The van der Waals surface area contributed by atoms with Crippen molar-refractivity contribution in [1.82, 2.24) is 14.7 Å². The summed E-state index contributed by atoms with van der Waals surface area (Å²) in [6, 6.07) is 12.7. The van der Waals surface area contributed by atoms with Crippen LogP contribution >= 0.6 is 0 Å². The standard InChI is InChI=1S/C22H27F2N3O/c1-16(22(28)25(2)3)26-12-14-27(15-13-26)21(17-4-8-19(23)9-5-17)18-6-10-20(24)11-7-18/h4-11,16,21H,12-15H2,1-3H3/t16-/m0/s1. The van der Waals surface area contributed by atoms with Crippen molar-refractivity contribution < 1.29 is 13.6 Å². The van der Waals surface area contributed by atoms with Crippen molar-refractivity contribution in [3.05, 3.63) is 71.3 Å². The maximum Gasteiger partial charge on any atom is 0.239 e. The highest BCUT2D eigenvalue weighted by atomic mass is 19.1. The zero-order valence-corrected chi connectivity index (χ0v) is 16.6. The Balaban J connectivity index is 1.79. The zero-order chi connectivity index (χ0) is 20.3. The van der Waals surface area contributed by atoms with Crippen molar-refractivity contribution in [2.45, 2.75) is 19.0 Å². The minimum atomic E-state index is -0.276. The molecule has 2 aromatic carbocycles. The van der Waals surface area contributed by atoms with Crippen molar-refractivity contribution in [3.63, 3.8) is 0 Å². The summed E-state index contributed by atoms with van der Waals surface area (Å²) < 4.78 is 26.8. The number of rotatable bonds is 5. The third-order valence-corrected chi connectivity index (χ3v) is 5.43. The molecular weight excluding hydrogens is 360 g/mol. The summed E-state index contributed by atoms with van der Waals surface area (Å²) in [5.74, 6) is -0.452. The highest BCUT2D eigenvalue weighted by Gasteiger charge is 2.30. The van der Waals surface area contributed by atoms with Gasteiger partial charge in [-0.25, -0.2) is 8.78 Å². The van der Waals surface area contributed by atoms with Crippen LogP contribution in [0.15, 0.2) is 48.5 Å². The minimum absolute atomic E-state index is 0.0804. The van der Waals surface area contributed by atoms with Gasteiger partial charge in [-0.3, -0.25) is 14.6 Å². The van der Waals surface area contributed by atoms with Gasteiger partial charge in [0.05, 0.1) is 12.1 Å².